The van der Waals surface area contributed by atoms with Crippen LogP contribution < -0.4 is 11.5 Å². The van der Waals surface area contributed by atoms with Crippen molar-refractivity contribution in [3.05, 3.63) is 0 Å². The van der Waals surface area contributed by atoms with Crippen molar-refractivity contribution < 1.29 is 24.5 Å². The zero-order valence-corrected chi connectivity index (χ0v) is 16.2. The van der Waals surface area contributed by atoms with E-state index in [9.17, 15) is 19.8 Å². The standard InChI is InChI=1S/C17H31N5O5/c1-4-6-22(7-5-2)14(23)13(20-10-27-3)11-8-17(26,15(24)25)9-12(11)21-16(18)19/h10-13,26H,4-9H2,1-3H3,(H,24,25)(H4,18,19,21)/t11-,12-,13?,17+/m0/s1. The lowest BCUT2D eigenvalue weighted by Gasteiger charge is -2.29. The molecule has 6 N–H and O–H groups in total. The van der Waals surface area contributed by atoms with Crippen LogP contribution in [0, 0.1) is 5.92 Å². The van der Waals surface area contributed by atoms with Gasteiger partial charge in [0, 0.05) is 25.4 Å². The van der Waals surface area contributed by atoms with E-state index in [0.29, 0.717) is 13.1 Å². The number of hydrogen-bond acceptors (Lipinski definition) is 6. The number of aliphatic imine (C=N–C) groups is 2. The van der Waals surface area contributed by atoms with Gasteiger partial charge in [-0.25, -0.2) is 14.8 Å². The highest BCUT2D eigenvalue weighted by Crippen LogP contribution is 2.40. The van der Waals surface area contributed by atoms with E-state index in [4.69, 9.17) is 16.2 Å². The highest BCUT2D eigenvalue weighted by Gasteiger charge is 2.53. The van der Waals surface area contributed by atoms with Crippen molar-refractivity contribution in [2.45, 2.75) is 57.2 Å². The minimum atomic E-state index is -2.02. The molecular formula is C17H31N5O5. The Hall–Kier alpha value is -2.36. The van der Waals surface area contributed by atoms with Gasteiger partial charge in [-0.2, -0.15) is 0 Å². The molecular weight excluding hydrogens is 354 g/mol. The number of aliphatic hydroxyl groups is 1. The molecule has 0 saturated heterocycles. The van der Waals surface area contributed by atoms with Gasteiger partial charge in [0.2, 0.25) is 5.91 Å². The summed E-state index contributed by atoms with van der Waals surface area (Å²) in [7, 11) is 1.40. The highest BCUT2D eigenvalue weighted by molar-refractivity contribution is 5.85. The maximum absolute atomic E-state index is 13.1. The van der Waals surface area contributed by atoms with Gasteiger partial charge in [0.05, 0.1) is 13.2 Å². The summed E-state index contributed by atoms with van der Waals surface area (Å²) in [6.07, 6.45) is 2.30. The van der Waals surface area contributed by atoms with Crippen LogP contribution in [0.1, 0.15) is 39.5 Å². The third-order valence-electron chi connectivity index (χ3n) is 4.61. The maximum Gasteiger partial charge on any atom is 0.335 e. The molecule has 1 saturated carbocycles. The summed E-state index contributed by atoms with van der Waals surface area (Å²) in [6, 6.07) is -1.70. The first-order valence-electron chi connectivity index (χ1n) is 9.07. The quantitative estimate of drug-likeness (QED) is 0.292. The molecule has 10 nitrogen and oxygen atoms in total. The first-order valence-corrected chi connectivity index (χ1v) is 9.07. The SMILES string of the molecule is CCCN(CCC)C(=O)C(N=COC)[C@H]1C[C@](O)(C(=O)O)C[C@@H]1N=C(N)N. The minimum absolute atomic E-state index is 0.187. The van der Waals surface area contributed by atoms with E-state index in [2.05, 4.69) is 9.98 Å². The van der Waals surface area contributed by atoms with E-state index in [1.807, 2.05) is 13.8 Å². The molecule has 0 spiro atoms. The van der Waals surface area contributed by atoms with Crippen molar-refractivity contribution in [1.29, 1.82) is 0 Å². The molecule has 0 aromatic heterocycles. The molecule has 0 aliphatic heterocycles. The van der Waals surface area contributed by atoms with Crippen LogP contribution in [0.2, 0.25) is 0 Å². The number of amides is 1. The molecule has 154 valence electrons. The van der Waals surface area contributed by atoms with Crippen molar-refractivity contribution in [3.63, 3.8) is 0 Å². The predicted octanol–water partition coefficient (Wildman–Crippen LogP) is -0.454. The van der Waals surface area contributed by atoms with Crippen LogP contribution >= 0.6 is 0 Å². The van der Waals surface area contributed by atoms with Crippen molar-refractivity contribution in [2.75, 3.05) is 20.2 Å². The van der Waals surface area contributed by atoms with Gasteiger partial charge in [-0.3, -0.25) is 4.79 Å². The Morgan fingerprint density at radius 2 is 1.89 bits per heavy atom. The van der Waals surface area contributed by atoms with Crippen molar-refractivity contribution in [3.8, 4) is 0 Å². The van der Waals surface area contributed by atoms with Crippen molar-refractivity contribution in [2.24, 2.45) is 27.4 Å². The number of carbonyl (C=O) groups excluding carboxylic acids is 1. The fourth-order valence-electron chi connectivity index (χ4n) is 3.48. The molecule has 10 heteroatoms. The van der Waals surface area contributed by atoms with Gasteiger partial charge in [-0.05, 0) is 19.3 Å². The highest BCUT2D eigenvalue weighted by atomic mass is 16.5. The van der Waals surface area contributed by atoms with E-state index < -0.39 is 29.6 Å². The summed E-state index contributed by atoms with van der Waals surface area (Å²) >= 11 is 0. The lowest BCUT2D eigenvalue weighted by Crippen LogP contribution is -2.45. The summed E-state index contributed by atoms with van der Waals surface area (Å²) in [5, 5.41) is 19.9. The zero-order chi connectivity index (χ0) is 20.6. The van der Waals surface area contributed by atoms with E-state index in [1.165, 1.54) is 7.11 Å². The number of nitrogens with two attached hydrogens (primary N) is 2. The Labute approximate surface area is 159 Å². The first-order chi connectivity index (χ1) is 12.7. The van der Waals surface area contributed by atoms with Crippen LogP contribution in [-0.2, 0) is 14.3 Å². The third-order valence-corrected chi connectivity index (χ3v) is 4.61. The molecule has 0 aromatic carbocycles. The Kier molecular flexibility index (Phi) is 8.48. The van der Waals surface area contributed by atoms with Crippen LogP contribution in [0.4, 0.5) is 0 Å². The molecule has 4 atom stereocenters. The second kappa shape index (κ2) is 10.1. The average Bonchev–Trinajstić information content (AvgIpc) is 2.92. The summed E-state index contributed by atoms with van der Waals surface area (Å²) in [4.78, 5) is 34.6. The molecule has 1 fully saturated rings. The molecule has 0 heterocycles. The number of guanidine groups is 1. The molecule has 1 amide bonds. The number of nitrogens with zero attached hydrogens (tertiary/aromatic N) is 3. The van der Waals surface area contributed by atoms with Crippen LogP contribution in [0.3, 0.4) is 0 Å². The Morgan fingerprint density at radius 1 is 1.30 bits per heavy atom. The van der Waals surface area contributed by atoms with Gasteiger partial charge in [-0.1, -0.05) is 13.8 Å². The molecule has 1 aliphatic rings. The Bertz CT molecular complexity index is 572. The predicted molar refractivity (Wildman–Crippen MR) is 101 cm³/mol. The Morgan fingerprint density at radius 3 is 2.33 bits per heavy atom. The van der Waals surface area contributed by atoms with Crippen molar-refractivity contribution >= 4 is 24.2 Å². The second-order valence-corrected chi connectivity index (χ2v) is 6.79. The number of rotatable bonds is 10. The summed E-state index contributed by atoms with van der Waals surface area (Å²) < 4.78 is 4.87. The smallest absolute Gasteiger partial charge is 0.335 e. The van der Waals surface area contributed by atoms with Crippen LogP contribution in [-0.4, -0.2) is 77.2 Å². The molecule has 1 aliphatic carbocycles. The van der Waals surface area contributed by atoms with E-state index >= 15 is 0 Å². The molecule has 1 rings (SSSR count). The molecule has 27 heavy (non-hydrogen) atoms. The summed E-state index contributed by atoms with van der Waals surface area (Å²) in [5.41, 5.74) is 8.92. The fraction of sp³-hybridized carbons (Fsp3) is 0.765. The van der Waals surface area contributed by atoms with Gasteiger partial charge >= 0.3 is 5.97 Å². The number of hydrogen-bond donors (Lipinski definition) is 4. The van der Waals surface area contributed by atoms with Crippen LogP contribution in [0.25, 0.3) is 0 Å². The minimum Gasteiger partial charge on any atom is -0.487 e. The van der Waals surface area contributed by atoms with Gasteiger partial charge in [0.25, 0.3) is 0 Å². The normalized spacial score (nSPS) is 25.9. The Balaban J connectivity index is 3.28. The van der Waals surface area contributed by atoms with Gasteiger partial charge in [0.15, 0.2) is 18.0 Å². The molecule has 1 unspecified atom stereocenters. The van der Waals surface area contributed by atoms with Gasteiger partial charge in [0.1, 0.15) is 6.04 Å². The number of carboxylic acids is 1. The molecule has 0 bridgehead atoms. The monoisotopic (exact) mass is 385 g/mol. The molecule has 0 radical (unpaired) electrons. The van der Waals surface area contributed by atoms with Crippen LogP contribution in [0.5, 0.6) is 0 Å². The average molecular weight is 385 g/mol. The summed E-state index contributed by atoms with van der Waals surface area (Å²) in [6.45, 7) is 5.03. The lowest BCUT2D eigenvalue weighted by atomic mass is 9.92. The zero-order valence-electron chi connectivity index (χ0n) is 16.2. The number of carbonyl (C=O) groups is 2. The third kappa shape index (κ3) is 5.81. The van der Waals surface area contributed by atoms with E-state index in [1.54, 1.807) is 4.90 Å². The fourth-order valence-corrected chi connectivity index (χ4v) is 3.48. The van der Waals surface area contributed by atoms with Gasteiger partial charge in [-0.15, -0.1) is 0 Å². The van der Waals surface area contributed by atoms with E-state index in [-0.39, 0.29) is 24.7 Å². The number of carboxylic acid groups (broad SMARTS) is 1. The van der Waals surface area contributed by atoms with Crippen molar-refractivity contribution in [1.82, 2.24) is 4.90 Å². The lowest BCUT2D eigenvalue weighted by molar-refractivity contribution is -0.158. The van der Waals surface area contributed by atoms with Gasteiger partial charge < -0.3 is 31.3 Å². The maximum atomic E-state index is 13.1. The summed E-state index contributed by atoms with van der Waals surface area (Å²) in [5.74, 6) is -2.55. The topological polar surface area (TPSA) is 164 Å². The number of methoxy groups -OCH3 is 1. The molecule has 0 aromatic rings. The van der Waals surface area contributed by atoms with Crippen LogP contribution in [0.15, 0.2) is 9.98 Å². The number of aliphatic carboxylic acids is 1. The first kappa shape index (κ1) is 22.7. The largest absolute Gasteiger partial charge is 0.487 e. The number of ether oxygens (including phenoxy) is 1. The second-order valence-electron chi connectivity index (χ2n) is 6.79. The van der Waals surface area contributed by atoms with E-state index in [0.717, 1.165) is 19.2 Å².